The Morgan fingerprint density at radius 1 is 1.53 bits per heavy atom. The largest absolute Gasteiger partial charge is 0.433 e. The van der Waals surface area contributed by atoms with Crippen LogP contribution in [0.25, 0.3) is 0 Å². The van der Waals surface area contributed by atoms with Crippen molar-refractivity contribution in [1.82, 2.24) is 0 Å². The molecule has 84 valence electrons. The number of unbranched alkanes of at least 4 members (excludes halogenated alkanes) is 1. The second-order valence-electron chi connectivity index (χ2n) is 3.95. The fourth-order valence-corrected chi connectivity index (χ4v) is 1.57. The zero-order valence-corrected chi connectivity index (χ0v) is 9.23. The molecule has 0 aliphatic heterocycles. The minimum atomic E-state index is -0.500. The van der Waals surface area contributed by atoms with Gasteiger partial charge in [-0.15, -0.1) is 0 Å². The zero-order valence-electron chi connectivity index (χ0n) is 9.23. The Hall–Kier alpha value is -1.32. The highest BCUT2D eigenvalue weighted by Crippen LogP contribution is 2.20. The van der Waals surface area contributed by atoms with Crippen molar-refractivity contribution >= 4 is 5.88 Å². The molecule has 1 heterocycles. The predicted octanol–water partition coefficient (Wildman–Crippen LogP) is 3.56. The van der Waals surface area contributed by atoms with Crippen LogP contribution in [-0.4, -0.2) is 4.92 Å². The topological polar surface area (TPSA) is 56.3 Å². The molecule has 0 spiro atoms. The van der Waals surface area contributed by atoms with Crippen molar-refractivity contribution in [3.05, 3.63) is 28.0 Å². The van der Waals surface area contributed by atoms with E-state index in [0.29, 0.717) is 11.7 Å². The maximum atomic E-state index is 10.4. The molecule has 0 fully saturated rings. The number of rotatable bonds is 6. The van der Waals surface area contributed by atoms with Gasteiger partial charge in [0.05, 0.1) is 6.07 Å². The van der Waals surface area contributed by atoms with Gasteiger partial charge in [0, 0.05) is 6.42 Å². The van der Waals surface area contributed by atoms with Gasteiger partial charge in [-0.05, 0) is 12.0 Å². The first kappa shape index (κ1) is 11.8. The average molecular weight is 211 g/mol. The molecule has 1 rings (SSSR count). The van der Waals surface area contributed by atoms with Crippen LogP contribution in [-0.2, 0) is 6.42 Å². The second-order valence-corrected chi connectivity index (χ2v) is 3.95. The van der Waals surface area contributed by atoms with Crippen molar-refractivity contribution in [2.24, 2.45) is 5.92 Å². The molecule has 1 aromatic heterocycles. The van der Waals surface area contributed by atoms with E-state index in [1.54, 1.807) is 6.07 Å². The van der Waals surface area contributed by atoms with Crippen LogP contribution in [0.3, 0.4) is 0 Å². The molecule has 4 nitrogen and oxygen atoms in total. The van der Waals surface area contributed by atoms with Crippen molar-refractivity contribution in [1.29, 1.82) is 0 Å². The van der Waals surface area contributed by atoms with E-state index >= 15 is 0 Å². The molecule has 1 aromatic rings. The third-order valence-corrected chi connectivity index (χ3v) is 2.43. The smallest absolute Gasteiger partial charge is 0.406 e. The number of nitrogens with zero attached hydrogens (tertiary/aromatic N) is 1. The lowest BCUT2D eigenvalue weighted by molar-refractivity contribution is -0.402. The van der Waals surface area contributed by atoms with Crippen LogP contribution in [0.2, 0.25) is 0 Å². The maximum Gasteiger partial charge on any atom is 0.433 e. The van der Waals surface area contributed by atoms with Crippen LogP contribution in [0.1, 0.15) is 38.9 Å². The second kappa shape index (κ2) is 5.53. The molecule has 0 saturated heterocycles. The maximum absolute atomic E-state index is 10.4. The van der Waals surface area contributed by atoms with Gasteiger partial charge in [-0.25, -0.2) is 0 Å². The third-order valence-electron chi connectivity index (χ3n) is 2.43. The molecule has 15 heavy (non-hydrogen) atoms. The van der Waals surface area contributed by atoms with E-state index < -0.39 is 4.92 Å². The van der Waals surface area contributed by atoms with Crippen molar-refractivity contribution < 1.29 is 9.34 Å². The Balaban J connectivity index is 2.46. The first-order chi connectivity index (χ1) is 7.13. The van der Waals surface area contributed by atoms with E-state index in [2.05, 4.69) is 13.8 Å². The molecular formula is C11H17NO3. The summed E-state index contributed by atoms with van der Waals surface area (Å²) in [6, 6.07) is 3.11. The fourth-order valence-electron chi connectivity index (χ4n) is 1.57. The van der Waals surface area contributed by atoms with Gasteiger partial charge in [0.15, 0.2) is 0 Å². The summed E-state index contributed by atoms with van der Waals surface area (Å²) in [6.45, 7) is 4.30. The first-order valence-corrected chi connectivity index (χ1v) is 5.36. The highest BCUT2D eigenvalue weighted by atomic mass is 16.6. The highest BCUT2D eigenvalue weighted by Gasteiger charge is 2.13. The van der Waals surface area contributed by atoms with Gasteiger partial charge >= 0.3 is 5.88 Å². The Labute approximate surface area is 89.4 Å². The normalized spacial score (nSPS) is 12.7. The monoisotopic (exact) mass is 211 g/mol. The number of hydrogen-bond donors (Lipinski definition) is 0. The van der Waals surface area contributed by atoms with Crippen molar-refractivity contribution in [2.45, 2.75) is 39.5 Å². The van der Waals surface area contributed by atoms with Crippen molar-refractivity contribution in [3.8, 4) is 0 Å². The van der Waals surface area contributed by atoms with Crippen LogP contribution < -0.4 is 0 Å². The van der Waals surface area contributed by atoms with Crippen LogP contribution in [0.4, 0.5) is 5.88 Å². The Kier molecular flexibility index (Phi) is 4.34. The molecule has 0 aromatic carbocycles. The van der Waals surface area contributed by atoms with Crippen LogP contribution >= 0.6 is 0 Å². The SMILES string of the molecule is CCCCC(C)Cc1ccc([N+](=O)[O-])o1. The molecule has 0 amide bonds. The van der Waals surface area contributed by atoms with E-state index in [9.17, 15) is 10.1 Å². The standard InChI is InChI=1S/C11H17NO3/c1-3-4-5-9(2)8-10-6-7-11(15-10)12(13)14/h6-7,9H,3-5,8H2,1-2H3. The first-order valence-electron chi connectivity index (χ1n) is 5.36. The molecule has 0 N–H and O–H groups in total. The van der Waals surface area contributed by atoms with Gasteiger partial charge in [0.2, 0.25) is 0 Å². The third kappa shape index (κ3) is 3.73. The number of furan rings is 1. The number of hydrogen-bond acceptors (Lipinski definition) is 3. The lowest BCUT2D eigenvalue weighted by Crippen LogP contribution is -1.98. The van der Waals surface area contributed by atoms with E-state index in [1.165, 1.54) is 18.9 Å². The molecule has 0 radical (unpaired) electrons. The summed E-state index contributed by atoms with van der Waals surface area (Å²) in [6.07, 6.45) is 4.31. The summed E-state index contributed by atoms with van der Waals surface area (Å²) in [5.41, 5.74) is 0. The van der Waals surface area contributed by atoms with Gasteiger partial charge in [-0.1, -0.05) is 33.1 Å². The predicted molar refractivity (Wildman–Crippen MR) is 57.8 cm³/mol. The van der Waals surface area contributed by atoms with Gasteiger partial charge in [-0.2, -0.15) is 0 Å². The fraction of sp³-hybridized carbons (Fsp3) is 0.636. The molecular weight excluding hydrogens is 194 g/mol. The summed E-state index contributed by atoms with van der Waals surface area (Å²) in [7, 11) is 0. The van der Waals surface area contributed by atoms with Crippen molar-refractivity contribution in [2.75, 3.05) is 0 Å². The highest BCUT2D eigenvalue weighted by molar-refractivity contribution is 5.17. The van der Waals surface area contributed by atoms with E-state index in [0.717, 1.165) is 12.8 Å². The minimum absolute atomic E-state index is 0.160. The van der Waals surface area contributed by atoms with Gasteiger partial charge < -0.3 is 4.42 Å². The van der Waals surface area contributed by atoms with Gasteiger partial charge in [0.1, 0.15) is 10.7 Å². The lowest BCUT2D eigenvalue weighted by Gasteiger charge is -2.07. The van der Waals surface area contributed by atoms with Crippen LogP contribution in [0.5, 0.6) is 0 Å². The van der Waals surface area contributed by atoms with E-state index in [1.807, 2.05) is 0 Å². The molecule has 1 unspecified atom stereocenters. The summed E-state index contributed by atoms with van der Waals surface area (Å²) in [4.78, 5) is 9.88. The zero-order chi connectivity index (χ0) is 11.3. The Bertz CT molecular complexity index is 319. The average Bonchev–Trinajstić information content (AvgIpc) is 2.63. The lowest BCUT2D eigenvalue weighted by atomic mass is 10.00. The van der Waals surface area contributed by atoms with Crippen LogP contribution in [0.15, 0.2) is 16.5 Å². The van der Waals surface area contributed by atoms with Gasteiger partial charge in [0.25, 0.3) is 0 Å². The molecule has 0 saturated carbocycles. The minimum Gasteiger partial charge on any atom is -0.406 e. The van der Waals surface area contributed by atoms with Gasteiger partial charge in [-0.3, -0.25) is 10.1 Å². The summed E-state index contributed by atoms with van der Waals surface area (Å²) in [5.74, 6) is 1.08. The quantitative estimate of drug-likeness (QED) is 0.534. The molecule has 4 heteroatoms. The van der Waals surface area contributed by atoms with E-state index in [4.69, 9.17) is 4.42 Å². The van der Waals surface area contributed by atoms with Crippen LogP contribution in [0, 0.1) is 16.0 Å². The summed E-state index contributed by atoms with van der Waals surface area (Å²) < 4.78 is 5.10. The van der Waals surface area contributed by atoms with E-state index in [-0.39, 0.29) is 5.88 Å². The molecule has 0 aliphatic rings. The Morgan fingerprint density at radius 3 is 2.80 bits per heavy atom. The molecule has 0 aliphatic carbocycles. The van der Waals surface area contributed by atoms with Crippen molar-refractivity contribution in [3.63, 3.8) is 0 Å². The molecule has 1 atom stereocenters. The Morgan fingerprint density at radius 2 is 2.27 bits per heavy atom. The molecule has 0 bridgehead atoms. The number of nitro groups is 1. The summed E-state index contributed by atoms with van der Waals surface area (Å²) >= 11 is 0. The summed E-state index contributed by atoms with van der Waals surface area (Å²) in [5, 5.41) is 10.4.